The number of nitrogens with one attached hydrogen (secondary N) is 1. The van der Waals surface area contributed by atoms with Crippen LogP contribution in [0.5, 0.6) is 0 Å². The Hall–Kier alpha value is -2.04. The molecule has 0 spiro atoms. The predicted molar refractivity (Wildman–Crippen MR) is 86.6 cm³/mol. The molecule has 0 radical (unpaired) electrons. The molecule has 0 aliphatic carbocycles. The zero-order valence-corrected chi connectivity index (χ0v) is 13.2. The Morgan fingerprint density at radius 3 is 2.81 bits per heavy atom. The van der Waals surface area contributed by atoms with Crippen molar-refractivity contribution < 1.29 is 4.92 Å². The highest BCUT2D eigenvalue weighted by molar-refractivity contribution is 7.98. The second kappa shape index (κ2) is 6.61. The van der Waals surface area contributed by atoms with Crippen LogP contribution in [-0.4, -0.2) is 11.2 Å². The van der Waals surface area contributed by atoms with E-state index in [2.05, 4.69) is 11.4 Å². The van der Waals surface area contributed by atoms with Gasteiger partial charge in [-0.2, -0.15) is 5.26 Å². The van der Waals surface area contributed by atoms with Crippen molar-refractivity contribution in [3.05, 3.63) is 44.8 Å². The highest BCUT2D eigenvalue weighted by Crippen LogP contribution is 2.36. The molecule has 1 aromatic heterocycles. The molecule has 0 saturated carbocycles. The predicted octanol–water partition coefficient (Wildman–Crippen LogP) is 4.56. The lowest BCUT2D eigenvalue weighted by molar-refractivity contribution is -0.384. The molecule has 0 saturated heterocycles. The number of benzene rings is 1. The van der Waals surface area contributed by atoms with E-state index in [-0.39, 0.29) is 5.69 Å². The summed E-state index contributed by atoms with van der Waals surface area (Å²) in [4.78, 5) is 12.7. The molecule has 0 aliphatic heterocycles. The number of hydrogen-bond acceptors (Lipinski definition) is 6. The summed E-state index contributed by atoms with van der Waals surface area (Å²) in [5.41, 5.74) is 0.927. The maximum absolute atomic E-state index is 11.2. The van der Waals surface area contributed by atoms with Crippen LogP contribution in [0.15, 0.2) is 29.2 Å². The van der Waals surface area contributed by atoms with Crippen LogP contribution in [0.3, 0.4) is 0 Å². The van der Waals surface area contributed by atoms with Crippen LogP contribution in [0.2, 0.25) is 0 Å². The first-order valence-electron chi connectivity index (χ1n) is 6.21. The first-order valence-corrected chi connectivity index (χ1v) is 8.25. The Morgan fingerprint density at radius 2 is 2.24 bits per heavy atom. The normalized spacial score (nSPS) is 10.1. The second-order valence-corrected chi connectivity index (χ2v) is 6.20. The van der Waals surface area contributed by atoms with E-state index < -0.39 is 4.92 Å². The molecule has 0 unspecified atom stereocenters. The van der Waals surface area contributed by atoms with Crippen molar-refractivity contribution in [1.82, 2.24) is 0 Å². The smallest absolute Gasteiger partial charge is 0.293 e. The molecule has 2 rings (SSSR count). The van der Waals surface area contributed by atoms with E-state index in [1.807, 2.05) is 25.3 Å². The molecule has 1 aromatic carbocycles. The van der Waals surface area contributed by atoms with Gasteiger partial charge in [0.25, 0.3) is 5.69 Å². The van der Waals surface area contributed by atoms with Gasteiger partial charge in [-0.15, -0.1) is 23.1 Å². The summed E-state index contributed by atoms with van der Waals surface area (Å²) in [6.07, 6.45) is 2.70. The number of nitro benzene ring substituents is 1. The number of nitrogens with zero attached hydrogens (tertiary/aromatic N) is 2. The van der Waals surface area contributed by atoms with Crippen molar-refractivity contribution in [2.75, 3.05) is 11.6 Å². The summed E-state index contributed by atoms with van der Waals surface area (Å²) in [6, 6.07) is 8.96. The van der Waals surface area contributed by atoms with Crippen LogP contribution < -0.4 is 5.32 Å². The zero-order chi connectivity index (χ0) is 15.4. The van der Waals surface area contributed by atoms with E-state index in [1.165, 1.54) is 29.2 Å². The minimum atomic E-state index is -0.414. The maximum atomic E-state index is 11.2. The monoisotopic (exact) mass is 319 g/mol. The molecule has 7 heteroatoms. The third-order valence-corrected chi connectivity index (χ3v) is 4.82. The molecule has 2 aromatic rings. The molecule has 108 valence electrons. The number of nitro groups is 1. The Labute approximate surface area is 130 Å². The third-order valence-electron chi connectivity index (χ3n) is 2.90. The average Bonchev–Trinajstić information content (AvgIpc) is 2.89. The first-order chi connectivity index (χ1) is 10.1. The largest absolute Gasteiger partial charge is 0.341 e. The number of hydrogen-bond donors (Lipinski definition) is 1. The van der Waals surface area contributed by atoms with Gasteiger partial charge in [0, 0.05) is 15.8 Å². The molecule has 0 aliphatic rings. The van der Waals surface area contributed by atoms with Gasteiger partial charge in [-0.05, 0) is 30.9 Å². The number of aryl methyl sites for hydroxylation is 1. The lowest BCUT2D eigenvalue weighted by atomic mass is 10.2. The third kappa shape index (κ3) is 3.35. The fourth-order valence-corrected chi connectivity index (χ4v) is 3.20. The molecular weight excluding hydrogens is 306 g/mol. The highest BCUT2D eigenvalue weighted by atomic mass is 32.2. The van der Waals surface area contributed by atoms with Crippen LogP contribution in [0.1, 0.15) is 17.4 Å². The topological polar surface area (TPSA) is 79.0 Å². The molecule has 0 amide bonds. The highest BCUT2D eigenvalue weighted by Gasteiger charge is 2.17. The number of thioether (sulfide) groups is 1. The zero-order valence-electron chi connectivity index (χ0n) is 11.5. The SMILES string of the molecule is CCc1cc(C#N)c(Nc2ccc(SC)cc2[N+](=O)[O-])s1. The summed E-state index contributed by atoms with van der Waals surface area (Å²) in [5, 5.41) is 24.0. The lowest BCUT2D eigenvalue weighted by Crippen LogP contribution is -1.97. The van der Waals surface area contributed by atoms with Crippen molar-refractivity contribution in [2.45, 2.75) is 18.2 Å². The van der Waals surface area contributed by atoms with E-state index >= 15 is 0 Å². The van der Waals surface area contributed by atoms with Crippen molar-refractivity contribution in [3.8, 4) is 6.07 Å². The number of nitriles is 1. The van der Waals surface area contributed by atoms with Crippen LogP contribution in [-0.2, 0) is 6.42 Å². The van der Waals surface area contributed by atoms with Crippen molar-refractivity contribution in [2.24, 2.45) is 0 Å². The number of thiophene rings is 1. The minimum absolute atomic E-state index is 0.0113. The molecule has 1 N–H and O–H groups in total. The van der Waals surface area contributed by atoms with E-state index in [4.69, 9.17) is 5.26 Å². The van der Waals surface area contributed by atoms with Gasteiger partial charge in [0.1, 0.15) is 16.8 Å². The van der Waals surface area contributed by atoms with Crippen LogP contribution in [0.4, 0.5) is 16.4 Å². The summed E-state index contributed by atoms with van der Waals surface area (Å²) < 4.78 is 0. The van der Waals surface area contributed by atoms with Gasteiger partial charge in [0.05, 0.1) is 10.5 Å². The molecule has 1 heterocycles. The maximum Gasteiger partial charge on any atom is 0.293 e. The molecule has 5 nitrogen and oxygen atoms in total. The van der Waals surface area contributed by atoms with Gasteiger partial charge in [-0.25, -0.2) is 0 Å². The minimum Gasteiger partial charge on any atom is -0.341 e. The Bertz CT molecular complexity index is 719. The van der Waals surface area contributed by atoms with Crippen molar-refractivity contribution >= 4 is 39.5 Å². The van der Waals surface area contributed by atoms with Gasteiger partial charge in [-0.1, -0.05) is 6.92 Å². The average molecular weight is 319 g/mol. The number of anilines is 2. The van der Waals surface area contributed by atoms with E-state index in [1.54, 1.807) is 6.07 Å². The molecule has 0 atom stereocenters. The summed E-state index contributed by atoms with van der Waals surface area (Å²) in [6.45, 7) is 2.01. The van der Waals surface area contributed by atoms with Crippen molar-refractivity contribution in [1.29, 1.82) is 5.26 Å². The van der Waals surface area contributed by atoms with Crippen molar-refractivity contribution in [3.63, 3.8) is 0 Å². The molecule has 0 fully saturated rings. The summed E-state index contributed by atoms with van der Waals surface area (Å²) >= 11 is 2.90. The molecule has 0 bridgehead atoms. The Kier molecular flexibility index (Phi) is 4.83. The Balaban J connectivity index is 2.42. The van der Waals surface area contributed by atoms with E-state index in [0.717, 1.165) is 16.2 Å². The van der Waals surface area contributed by atoms with Crippen LogP contribution in [0.25, 0.3) is 0 Å². The van der Waals surface area contributed by atoms with E-state index in [9.17, 15) is 10.1 Å². The van der Waals surface area contributed by atoms with Gasteiger partial charge >= 0.3 is 0 Å². The summed E-state index contributed by atoms with van der Waals surface area (Å²) in [5.74, 6) is 0. The van der Waals surface area contributed by atoms with Crippen LogP contribution in [0, 0.1) is 21.4 Å². The van der Waals surface area contributed by atoms with E-state index in [0.29, 0.717) is 16.3 Å². The fraction of sp³-hybridized carbons (Fsp3) is 0.214. The van der Waals surface area contributed by atoms with Gasteiger partial charge in [0.2, 0.25) is 0 Å². The number of rotatable bonds is 5. The fourth-order valence-electron chi connectivity index (χ4n) is 1.81. The standard InChI is InChI=1S/C14H13N3O2S2/c1-3-10-6-9(8-15)14(21-10)16-12-5-4-11(20-2)7-13(12)17(18)19/h4-7,16H,3H2,1-2H3. The quantitative estimate of drug-likeness (QED) is 0.496. The van der Waals surface area contributed by atoms with Gasteiger partial charge in [0.15, 0.2) is 0 Å². The van der Waals surface area contributed by atoms with Gasteiger partial charge in [-0.3, -0.25) is 10.1 Å². The summed E-state index contributed by atoms with van der Waals surface area (Å²) in [7, 11) is 0. The molecule has 21 heavy (non-hydrogen) atoms. The Morgan fingerprint density at radius 1 is 1.48 bits per heavy atom. The lowest BCUT2D eigenvalue weighted by Gasteiger charge is -2.06. The van der Waals surface area contributed by atoms with Gasteiger partial charge < -0.3 is 5.32 Å². The first kappa shape index (κ1) is 15.4. The second-order valence-electron chi connectivity index (χ2n) is 4.19. The molecular formula is C14H13N3O2S2. The van der Waals surface area contributed by atoms with Crippen LogP contribution >= 0.6 is 23.1 Å².